The van der Waals surface area contributed by atoms with Crippen molar-refractivity contribution >= 4 is 17.5 Å². The van der Waals surface area contributed by atoms with Gasteiger partial charge in [0.25, 0.3) is 0 Å². The number of aryl methyl sites for hydroxylation is 2. The number of hydrogen-bond donors (Lipinski definition) is 1. The van der Waals surface area contributed by atoms with E-state index in [0.29, 0.717) is 5.95 Å². The number of piperazine rings is 1. The Bertz CT molecular complexity index is 932. The summed E-state index contributed by atoms with van der Waals surface area (Å²) in [6.07, 6.45) is 1.84. The van der Waals surface area contributed by atoms with Crippen molar-refractivity contribution in [2.75, 3.05) is 41.3 Å². The molecule has 2 aromatic carbocycles. The number of benzene rings is 2. The van der Waals surface area contributed by atoms with Crippen molar-refractivity contribution in [1.29, 1.82) is 0 Å². The molecule has 4 rings (SSSR count). The van der Waals surface area contributed by atoms with Crippen LogP contribution in [0.3, 0.4) is 0 Å². The van der Waals surface area contributed by atoms with Crippen LogP contribution in [-0.2, 0) is 6.54 Å². The maximum absolute atomic E-state index is 4.73. The Morgan fingerprint density at radius 2 is 1.57 bits per heavy atom. The van der Waals surface area contributed by atoms with Crippen LogP contribution in [0.1, 0.15) is 16.7 Å². The van der Waals surface area contributed by atoms with Gasteiger partial charge in [-0.25, -0.2) is 4.98 Å². The van der Waals surface area contributed by atoms with E-state index in [-0.39, 0.29) is 0 Å². The first-order chi connectivity index (χ1) is 13.7. The molecule has 1 aliphatic rings. The minimum absolute atomic E-state index is 0.681. The maximum atomic E-state index is 4.73. The first-order valence-corrected chi connectivity index (χ1v) is 9.86. The molecule has 0 radical (unpaired) electrons. The highest BCUT2D eigenvalue weighted by Crippen LogP contribution is 2.20. The first-order valence-electron chi connectivity index (χ1n) is 9.86. The number of nitrogens with zero attached hydrogens (tertiary/aromatic N) is 4. The number of nitrogens with one attached hydrogen (secondary N) is 1. The molecule has 0 amide bonds. The molecule has 5 nitrogen and oxygen atoms in total. The summed E-state index contributed by atoms with van der Waals surface area (Å²) in [5, 5.41) is 3.35. The average molecular weight is 374 g/mol. The lowest BCUT2D eigenvalue weighted by Crippen LogP contribution is -2.46. The fourth-order valence-electron chi connectivity index (χ4n) is 3.63. The highest BCUT2D eigenvalue weighted by molar-refractivity contribution is 5.51. The van der Waals surface area contributed by atoms with E-state index in [1.807, 2.05) is 12.3 Å². The molecule has 0 unspecified atom stereocenters. The predicted molar refractivity (Wildman–Crippen MR) is 116 cm³/mol. The van der Waals surface area contributed by atoms with Crippen molar-refractivity contribution in [2.24, 2.45) is 0 Å². The van der Waals surface area contributed by atoms with Crippen molar-refractivity contribution < 1.29 is 0 Å². The van der Waals surface area contributed by atoms with Gasteiger partial charge in [-0.2, -0.15) is 4.98 Å². The second kappa shape index (κ2) is 8.30. The van der Waals surface area contributed by atoms with Gasteiger partial charge < -0.3 is 15.1 Å². The molecule has 144 valence electrons. The van der Waals surface area contributed by atoms with Gasteiger partial charge in [0.15, 0.2) is 0 Å². The van der Waals surface area contributed by atoms with E-state index in [1.165, 1.54) is 22.4 Å². The Labute approximate surface area is 167 Å². The van der Waals surface area contributed by atoms with E-state index in [9.17, 15) is 0 Å². The van der Waals surface area contributed by atoms with Crippen LogP contribution in [-0.4, -0.2) is 36.1 Å². The van der Waals surface area contributed by atoms with E-state index in [1.54, 1.807) is 0 Å². The Kier molecular flexibility index (Phi) is 5.42. The summed E-state index contributed by atoms with van der Waals surface area (Å²) in [6.45, 7) is 8.90. The van der Waals surface area contributed by atoms with E-state index >= 15 is 0 Å². The maximum Gasteiger partial charge on any atom is 0.224 e. The minimum Gasteiger partial charge on any atom is -0.368 e. The highest BCUT2D eigenvalue weighted by Gasteiger charge is 2.18. The average Bonchev–Trinajstić information content (AvgIpc) is 2.73. The predicted octanol–water partition coefficient (Wildman–Crippen LogP) is 4.03. The van der Waals surface area contributed by atoms with Crippen molar-refractivity contribution in [3.8, 4) is 0 Å². The van der Waals surface area contributed by atoms with Gasteiger partial charge in [0.1, 0.15) is 5.82 Å². The first kappa shape index (κ1) is 18.3. The molecule has 0 spiro atoms. The van der Waals surface area contributed by atoms with Crippen LogP contribution in [0.5, 0.6) is 0 Å². The molecule has 1 fully saturated rings. The van der Waals surface area contributed by atoms with Crippen LogP contribution < -0.4 is 15.1 Å². The molecule has 28 heavy (non-hydrogen) atoms. The lowest BCUT2D eigenvalue weighted by atomic mass is 10.1. The third-order valence-corrected chi connectivity index (χ3v) is 5.14. The summed E-state index contributed by atoms with van der Waals surface area (Å²) < 4.78 is 0. The zero-order valence-corrected chi connectivity index (χ0v) is 16.6. The number of anilines is 3. The normalized spacial score (nSPS) is 14.2. The van der Waals surface area contributed by atoms with E-state index in [2.05, 4.69) is 82.5 Å². The molecule has 1 aromatic heterocycles. The summed E-state index contributed by atoms with van der Waals surface area (Å²) in [5.74, 6) is 1.67. The molecule has 2 heterocycles. The van der Waals surface area contributed by atoms with Crippen LogP contribution >= 0.6 is 0 Å². The lowest BCUT2D eigenvalue weighted by Gasteiger charge is -2.36. The summed E-state index contributed by atoms with van der Waals surface area (Å²) in [5.41, 5.74) is 5.11. The number of rotatable bonds is 5. The van der Waals surface area contributed by atoms with Crippen molar-refractivity contribution in [1.82, 2.24) is 9.97 Å². The number of aromatic nitrogens is 2. The topological polar surface area (TPSA) is 44.3 Å². The largest absolute Gasteiger partial charge is 0.368 e. The van der Waals surface area contributed by atoms with Crippen LogP contribution in [0.2, 0.25) is 0 Å². The molecule has 0 saturated carbocycles. The summed E-state index contributed by atoms with van der Waals surface area (Å²) >= 11 is 0. The smallest absolute Gasteiger partial charge is 0.224 e. The van der Waals surface area contributed by atoms with Gasteiger partial charge in [0.2, 0.25) is 5.95 Å². The third-order valence-electron chi connectivity index (χ3n) is 5.14. The Hall–Kier alpha value is -3.08. The van der Waals surface area contributed by atoms with Gasteiger partial charge in [-0.1, -0.05) is 42.0 Å². The van der Waals surface area contributed by atoms with Crippen LogP contribution in [0.15, 0.2) is 60.8 Å². The lowest BCUT2D eigenvalue weighted by molar-refractivity contribution is 0.647. The zero-order chi connectivity index (χ0) is 19.3. The summed E-state index contributed by atoms with van der Waals surface area (Å²) in [6, 6.07) is 19.2. The van der Waals surface area contributed by atoms with Gasteiger partial charge in [-0.3, -0.25) is 0 Å². The fraction of sp³-hybridized carbons (Fsp3) is 0.304. The Morgan fingerprint density at radius 3 is 2.32 bits per heavy atom. The van der Waals surface area contributed by atoms with Crippen molar-refractivity contribution in [3.05, 3.63) is 77.5 Å². The molecule has 1 saturated heterocycles. The quantitative estimate of drug-likeness (QED) is 0.731. The standard InChI is InChI=1S/C23H27N5/c1-18-5-3-7-20(15-18)17-25-23-24-10-9-22(26-23)28-13-11-27(12-14-28)21-8-4-6-19(2)16-21/h3-10,15-16H,11-14,17H2,1-2H3,(H,24,25,26). The summed E-state index contributed by atoms with van der Waals surface area (Å²) in [7, 11) is 0. The molecule has 3 aromatic rings. The Morgan fingerprint density at radius 1 is 0.857 bits per heavy atom. The Balaban J connectivity index is 1.37. The number of hydrogen-bond acceptors (Lipinski definition) is 5. The van der Waals surface area contributed by atoms with Gasteiger partial charge in [0, 0.05) is 44.6 Å². The van der Waals surface area contributed by atoms with Gasteiger partial charge in [-0.15, -0.1) is 0 Å². The van der Waals surface area contributed by atoms with Crippen molar-refractivity contribution in [2.45, 2.75) is 20.4 Å². The molecule has 0 bridgehead atoms. The molecular weight excluding hydrogens is 346 g/mol. The SMILES string of the molecule is Cc1cccc(CNc2nccc(N3CCN(c4cccc(C)c4)CC3)n2)c1. The van der Waals surface area contributed by atoms with Crippen LogP contribution in [0.25, 0.3) is 0 Å². The van der Waals surface area contributed by atoms with Crippen molar-refractivity contribution in [3.63, 3.8) is 0 Å². The molecule has 1 aliphatic heterocycles. The van der Waals surface area contributed by atoms with E-state index in [0.717, 1.165) is 38.5 Å². The van der Waals surface area contributed by atoms with Gasteiger partial charge in [0.05, 0.1) is 0 Å². The molecule has 0 atom stereocenters. The monoisotopic (exact) mass is 373 g/mol. The van der Waals surface area contributed by atoms with Gasteiger partial charge in [-0.05, 0) is 43.2 Å². The van der Waals surface area contributed by atoms with Gasteiger partial charge >= 0.3 is 0 Å². The fourth-order valence-corrected chi connectivity index (χ4v) is 3.63. The molecule has 1 N–H and O–H groups in total. The third kappa shape index (κ3) is 4.42. The van der Waals surface area contributed by atoms with Crippen LogP contribution in [0, 0.1) is 13.8 Å². The van der Waals surface area contributed by atoms with E-state index < -0.39 is 0 Å². The second-order valence-electron chi connectivity index (χ2n) is 7.39. The van der Waals surface area contributed by atoms with Crippen LogP contribution in [0.4, 0.5) is 17.5 Å². The minimum atomic E-state index is 0.681. The molecular formula is C23H27N5. The molecule has 0 aliphatic carbocycles. The molecule has 5 heteroatoms. The second-order valence-corrected chi connectivity index (χ2v) is 7.39. The van der Waals surface area contributed by atoms with E-state index in [4.69, 9.17) is 4.98 Å². The zero-order valence-electron chi connectivity index (χ0n) is 16.6. The highest BCUT2D eigenvalue weighted by atomic mass is 15.3. The summed E-state index contributed by atoms with van der Waals surface area (Å²) in [4.78, 5) is 13.9.